The van der Waals surface area contributed by atoms with E-state index in [9.17, 15) is 27.1 Å². The lowest BCUT2D eigenvalue weighted by Gasteiger charge is -2.18. The van der Waals surface area contributed by atoms with Crippen LogP contribution in [-0.2, 0) is 21.2 Å². The van der Waals surface area contributed by atoms with Gasteiger partial charge in [0.15, 0.2) is 5.25 Å². The maximum atomic E-state index is 13.1. The van der Waals surface area contributed by atoms with Crippen molar-refractivity contribution >= 4 is 21.7 Å². The molecule has 0 spiro atoms. The lowest BCUT2D eigenvalue weighted by molar-refractivity contribution is -0.136. The number of benzene rings is 2. The number of halogens is 2. The number of anilines is 1. The van der Waals surface area contributed by atoms with Crippen LogP contribution in [0.5, 0.6) is 5.75 Å². The zero-order valence-corrected chi connectivity index (χ0v) is 16.3. The number of aliphatic carboxylic acids is 1. The highest BCUT2D eigenvalue weighted by Crippen LogP contribution is 2.27. The Bertz CT molecular complexity index is 964. The molecule has 2 aromatic carbocycles. The molecule has 0 bridgehead atoms. The molecular formula is C20H21F2NO5S. The van der Waals surface area contributed by atoms with E-state index >= 15 is 0 Å². The first-order valence-corrected chi connectivity index (χ1v) is 10.2. The van der Waals surface area contributed by atoms with Crippen molar-refractivity contribution in [3.05, 3.63) is 72.1 Å². The van der Waals surface area contributed by atoms with Crippen molar-refractivity contribution in [1.29, 1.82) is 0 Å². The van der Waals surface area contributed by atoms with E-state index in [-0.39, 0.29) is 12.3 Å². The van der Waals surface area contributed by atoms with Crippen LogP contribution in [0.2, 0.25) is 0 Å². The number of carboxylic acids is 1. The Hall–Kier alpha value is -2.94. The van der Waals surface area contributed by atoms with Gasteiger partial charge >= 0.3 is 5.97 Å². The number of carboxylic acid groups (broad SMARTS) is 1. The zero-order chi connectivity index (χ0) is 21.4. The summed E-state index contributed by atoms with van der Waals surface area (Å²) in [5.74, 6) is -2.41. The van der Waals surface area contributed by atoms with Gasteiger partial charge in [0.1, 0.15) is 19.0 Å². The van der Waals surface area contributed by atoms with Crippen LogP contribution in [0.25, 0.3) is 0 Å². The summed E-state index contributed by atoms with van der Waals surface area (Å²) < 4.78 is 58.1. The molecule has 0 aliphatic heterocycles. The van der Waals surface area contributed by atoms with Crippen LogP contribution >= 0.6 is 0 Å². The van der Waals surface area contributed by atoms with Crippen LogP contribution in [0, 0.1) is 0 Å². The van der Waals surface area contributed by atoms with Gasteiger partial charge in [-0.2, -0.15) is 0 Å². The summed E-state index contributed by atoms with van der Waals surface area (Å²) in [7, 11) is -4.47. The molecule has 0 saturated carbocycles. The van der Waals surface area contributed by atoms with Crippen molar-refractivity contribution < 1.29 is 31.8 Å². The van der Waals surface area contributed by atoms with Gasteiger partial charge in [-0.25, -0.2) is 17.2 Å². The molecule has 29 heavy (non-hydrogen) atoms. The number of nitrogens with one attached hydrogen (secondary N) is 1. The Morgan fingerprint density at radius 1 is 1.21 bits per heavy atom. The van der Waals surface area contributed by atoms with Crippen molar-refractivity contribution in [3.63, 3.8) is 0 Å². The predicted octanol–water partition coefficient (Wildman–Crippen LogP) is 3.69. The molecule has 6 nitrogen and oxygen atoms in total. The van der Waals surface area contributed by atoms with Crippen LogP contribution in [0.4, 0.5) is 14.5 Å². The molecule has 0 saturated heterocycles. The molecule has 0 aliphatic carbocycles. The fourth-order valence-corrected chi connectivity index (χ4v) is 3.95. The van der Waals surface area contributed by atoms with E-state index in [4.69, 9.17) is 4.74 Å². The third kappa shape index (κ3) is 6.56. The molecule has 0 heterocycles. The molecule has 2 aromatic rings. The maximum absolute atomic E-state index is 13.1. The van der Waals surface area contributed by atoms with Gasteiger partial charge in [-0.05, 0) is 35.7 Å². The van der Waals surface area contributed by atoms with E-state index in [1.807, 2.05) is 30.3 Å². The van der Waals surface area contributed by atoms with Gasteiger partial charge in [-0.3, -0.25) is 9.52 Å². The number of sulfonamides is 1. The molecule has 0 radical (unpaired) electrons. The molecule has 0 aromatic heterocycles. The largest absolute Gasteiger partial charge is 0.491 e. The minimum absolute atomic E-state index is 0.122. The maximum Gasteiger partial charge on any atom is 0.324 e. The Morgan fingerprint density at radius 3 is 2.48 bits per heavy atom. The first kappa shape index (κ1) is 22.4. The van der Waals surface area contributed by atoms with Crippen molar-refractivity contribution in [2.75, 3.05) is 18.0 Å². The highest BCUT2D eigenvalue weighted by atomic mass is 32.2. The zero-order valence-electron chi connectivity index (χ0n) is 15.5. The minimum atomic E-state index is -4.47. The quantitative estimate of drug-likeness (QED) is 0.573. The summed E-state index contributed by atoms with van der Waals surface area (Å²) >= 11 is 0. The summed E-state index contributed by atoms with van der Waals surface area (Å²) in [4.78, 5) is 11.3. The average Bonchev–Trinajstić information content (AvgIpc) is 2.66. The molecule has 0 fully saturated rings. The number of rotatable bonds is 11. The monoisotopic (exact) mass is 425 g/mol. The second-order valence-electron chi connectivity index (χ2n) is 6.21. The van der Waals surface area contributed by atoms with E-state index in [1.54, 1.807) is 6.07 Å². The second-order valence-corrected chi connectivity index (χ2v) is 8.08. The summed E-state index contributed by atoms with van der Waals surface area (Å²) in [5.41, 5.74) is 1.47. The van der Waals surface area contributed by atoms with E-state index in [1.165, 1.54) is 12.1 Å². The van der Waals surface area contributed by atoms with Gasteiger partial charge in [-0.15, -0.1) is 0 Å². The number of allylic oxidation sites excluding steroid dienone is 1. The van der Waals surface area contributed by atoms with Crippen molar-refractivity contribution in [2.45, 2.75) is 18.1 Å². The standard InChI is InChI=1S/C20H21F2NO5S/c1-14(22)11-19(20(24)25)29(26,27)23-18-8-7-17(28-10-9-21)13-16(18)12-15-5-3-2-4-6-15/h2-8,13,19,23H,1,9-12H2,(H,24,25)/t19-/m0/s1. The van der Waals surface area contributed by atoms with Crippen LogP contribution in [0.3, 0.4) is 0 Å². The number of hydrogen-bond acceptors (Lipinski definition) is 4. The SMILES string of the molecule is C=C(F)C[C@@H](C(=O)O)S(=O)(=O)Nc1ccc(OCCF)cc1Cc1ccccc1. The molecule has 0 aliphatic rings. The van der Waals surface area contributed by atoms with Crippen LogP contribution in [0.15, 0.2) is 60.9 Å². The third-order valence-electron chi connectivity index (χ3n) is 3.97. The van der Waals surface area contributed by atoms with Crippen LogP contribution < -0.4 is 9.46 Å². The van der Waals surface area contributed by atoms with Gasteiger partial charge in [-0.1, -0.05) is 36.9 Å². The summed E-state index contributed by atoms with van der Waals surface area (Å²) in [6.45, 7) is 2.10. The highest BCUT2D eigenvalue weighted by Gasteiger charge is 2.34. The summed E-state index contributed by atoms with van der Waals surface area (Å²) in [6, 6.07) is 13.5. The fourth-order valence-electron chi connectivity index (χ4n) is 2.63. The minimum Gasteiger partial charge on any atom is -0.491 e. The molecule has 0 unspecified atom stereocenters. The normalized spacial score (nSPS) is 12.2. The van der Waals surface area contributed by atoms with E-state index in [0.29, 0.717) is 17.7 Å². The first-order chi connectivity index (χ1) is 13.7. The van der Waals surface area contributed by atoms with E-state index in [2.05, 4.69) is 11.3 Å². The van der Waals surface area contributed by atoms with E-state index in [0.717, 1.165) is 5.56 Å². The van der Waals surface area contributed by atoms with Gasteiger partial charge < -0.3 is 9.84 Å². The molecule has 9 heteroatoms. The molecular weight excluding hydrogens is 404 g/mol. The van der Waals surface area contributed by atoms with Gasteiger partial charge in [0.25, 0.3) is 0 Å². The summed E-state index contributed by atoms with van der Waals surface area (Å²) in [6.07, 6.45) is -0.560. The number of carbonyl (C=O) groups is 1. The smallest absolute Gasteiger partial charge is 0.324 e. The Kier molecular flexibility index (Phi) is 7.72. The highest BCUT2D eigenvalue weighted by molar-refractivity contribution is 7.94. The van der Waals surface area contributed by atoms with Crippen molar-refractivity contribution in [2.24, 2.45) is 0 Å². The molecule has 2 N–H and O–H groups in total. The van der Waals surface area contributed by atoms with Crippen LogP contribution in [0.1, 0.15) is 17.5 Å². The Balaban J connectivity index is 2.39. The third-order valence-corrected chi connectivity index (χ3v) is 5.59. The Morgan fingerprint density at radius 2 is 1.90 bits per heavy atom. The molecule has 0 amide bonds. The predicted molar refractivity (Wildman–Crippen MR) is 106 cm³/mol. The number of ether oxygens (including phenoxy) is 1. The van der Waals surface area contributed by atoms with Gasteiger partial charge in [0.05, 0.1) is 11.5 Å². The lowest BCUT2D eigenvalue weighted by atomic mass is 10.0. The van der Waals surface area contributed by atoms with E-state index < -0.39 is 40.2 Å². The molecule has 156 valence electrons. The first-order valence-electron chi connectivity index (χ1n) is 8.66. The summed E-state index contributed by atoms with van der Waals surface area (Å²) in [5, 5.41) is 7.16. The second kappa shape index (κ2) is 10.0. The number of hydrogen-bond donors (Lipinski definition) is 2. The lowest BCUT2D eigenvalue weighted by Crippen LogP contribution is -2.35. The topological polar surface area (TPSA) is 92.7 Å². The Labute approximate surface area is 167 Å². The van der Waals surface area contributed by atoms with Crippen LogP contribution in [-0.4, -0.2) is 38.0 Å². The van der Waals surface area contributed by atoms with Crippen molar-refractivity contribution in [3.8, 4) is 5.75 Å². The molecule has 1 atom stereocenters. The van der Waals surface area contributed by atoms with Gasteiger partial charge in [0.2, 0.25) is 10.0 Å². The fraction of sp³-hybridized carbons (Fsp3) is 0.250. The van der Waals surface area contributed by atoms with Crippen molar-refractivity contribution in [1.82, 2.24) is 0 Å². The van der Waals surface area contributed by atoms with Gasteiger partial charge in [0, 0.05) is 6.42 Å². The molecule has 2 rings (SSSR count). The number of alkyl halides is 1. The average molecular weight is 425 g/mol.